The van der Waals surface area contributed by atoms with E-state index in [2.05, 4.69) is 6.92 Å². The van der Waals surface area contributed by atoms with E-state index in [1.807, 2.05) is 36.4 Å². The number of carboxylic acids is 1. The van der Waals surface area contributed by atoms with Crippen molar-refractivity contribution in [2.45, 2.75) is 32.6 Å². The van der Waals surface area contributed by atoms with Crippen molar-refractivity contribution in [1.29, 1.82) is 5.26 Å². The standard InChI is InChI=1S/C16H19NO2/c1-12-7-8-16(9-12,14(11-17)15(18)19)10-13-5-3-2-4-6-13/h2-6,12,14H,7-10H2,1H3,(H,18,19)/t12-,14-,16-/m1/s1. The lowest BCUT2D eigenvalue weighted by Gasteiger charge is -2.31. The lowest BCUT2D eigenvalue weighted by molar-refractivity contribution is -0.143. The van der Waals surface area contributed by atoms with Crippen molar-refractivity contribution < 1.29 is 9.90 Å². The van der Waals surface area contributed by atoms with Gasteiger partial charge in [-0.2, -0.15) is 5.26 Å². The van der Waals surface area contributed by atoms with E-state index in [-0.39, 0.29) is 0 Å². The van der Waals surface area contributed by atoms with Crippen LogP contribution in [0.4, 0.5) is 0 Å². The highest BCUT2D eigenvalue weighted by Gasteiger charge is 2.47. The van der Waals surface area contributed by atoms with Crippen LogP contribution in [0.15, 0.2) is 30.3 Å². The molecule has 1 aromatic rings. The molecule has 3 atom stereocenters. The Labute approximate surface area is 113 Å². The molecule has 100 valence electrons. The van der Waals surface area contributed by atoms with E-state index < -0.39 is 17.3 Å². The number of hydrogen-bond donors (Lipinski definition) is 1. The minimum atomic E-state index is -0.979. The van der Waals surface area contributed by atoms with Crippen LogP contribution in [-0.2, 0) is 11.2 Å². The molecule has 3 nitrogen and oxygen atoms in total. The molecule has 0 aliphatic heterocycles. The Hall–Kier alpha value is -1.82. The maximum atomic E-state index is 11.4. The van der Waals surface area contributed by atoms with Gasteiger partial charge in [-0.3, -0.25) is 4.79 Å². The minimum Gasteiger partial charge on any atom is -0.480 e. The van der Waals surface area contributed by atoms with Crippen LogP contribution in [0.3, 0.4) is 0 Å². The van der Waals surface area contributed by atoms with Crippen molar-refractivity contribution in [3.8, 4) is 6.07 Å². The Kier molecular flexibility index (Phi) is 3.90. The van der Waals surface area contributed by atoms with E-state index in [1.165, 1.54) is 0 Å². The van der Waals surface area contributed by atoms with Gasteiger partial charge in [-0.05, 0) is 30.7 Å². The van der Waals surface area contributed by atoms with E-state index in [0.29, 0.717) is 12.3 Å². The Morgan fingerprint density at radius 2 is 2.21 bits per heavy atom. The molecule has 0 bridgehead atoms. The molecule has 2 rings (SSSR count). The number of aliphatic carboxylic acids is 1. The molecule has 0 saturated heterocycles. The van der Waals surface area contributed by atoms with Crippen molar-refractivity contribution in [3.05, 3.63) is 35.9 Å². The van der Waals surface area contributed by atoms with Crippen LogP contribution in [0.1, 0.15) is 31.7 Å². The van der Waals surface area contributed by atoms with Crippen LogP contribution in [0.2, 0.25) is 0 Å². The average molecular weight is 257 g/mol. The molecular weight excluding hydrogens is 238 g/mol. The monoisotopic (exact) mass is 257 g/mol. The highest BCUT2D eigenvalue weighted by atomic mass is 16.4. The van der Waals surface area contributed by atoms with E-state index in [4.69, 9.17) is 0 Å². The van der Waals surface area contributed by atoms with Gasteiger partial charge in [0.15, 0.2) is 0 Å². The number of rotatable bonds is 4. The smallest absolute Gasteiger partial charge is 0.321 e. The normalized spacial score (nSPS) is 27.7. The molecule has 19 heavy (non-hydrogen) atoms. The molecule has 0 unspecified atom stereocenters. The number of benzene rings is 1. The Morgan fingerprint density at radius 3 is 2.68 bits per heavy atom. The maximum absolute atomic E-state index is 11.4. The molecule has 1 N–H and O–H groups in total. The number of nitrogens with zero attached hydrogens (tertiary/aromatic N) is 1. The van der Waals surface area contributed by atoms with Gasteiger partial charge in [-0.15, -0.1) is 0 Å². The second-order valence-corrected chi connectivity index (χ2v) is 5.77. The van der Waals surface area contributed by atoms with E-state index >= 15 is 0 Å². The van der Waals surface area contributed by atoms with Gasteiger partial charge >= 0.3 is 5.97 Å². The van der Waals surface area contributed by atoms with Crippen LogP contribution < -0.4 is 0 Å². The second kappa shape index (κ2) is 5.44. The molecule has 0 radical (unpaired) electrons. The summed E-state index contributed by atoms with van der Waals surface area (Å²) in [7, 11) is 0. The molecule has 1 saturated carbocycles. The van der Waals surface area contributed by atoms with Crippen LogP contribution in [0.5, 0.6) is 0 Å². The predicted molar refractivity (Wildman–Crippen MR) is 72.3 cm³/mol. The SMILES string of the molecule is C[C@@H]1CC[C@@](Cc2ccccc2)([C@H](C#N)C(=O)O)C1. The number of carbonyl (C=O) groups is 1. The summed E-state index contributed by atoms with van der Waals surface area (Å²) in [6, 6.07) is 11.9. The Balaban J connectivity index is 2.31. The fourth-order valence-electron chi connectivity index (χ4n) is 3.41. The van der Waals surface area contributed by atoms with Gasteiger partial charge in [-0.1, -0.05) is 43.7 Å². The molecular formula is C16H19NO2. The van der Waals surface area contributed by atoms with Crippen molar-refractivity contribution >= 4 is 5.97 Å². The molecule has 1 aliphatic carbocycles. The molecule has 0 spiro atoms. The molecule has 1 aromatic carbocycles. The van der Waals surface area contributed by atoms with Crippen molar-refractivity contribution in [2.75, 3.05) is 0 Å². The van der Waals surface area contributed by atoms with Gasteiger partial charge in [0.05, 0.1) is 6.07 Å². The van der Waals surface area contributed by atoms with E-state index in [0.717, 1.165) is 24.8 Å². The lowest BCUT2D eigenvalue weighted by Crippen LogP contribution is -2.35. The zero-order valence-electron chi connectivity index (χ0n) is 11.2. The van der Waals surface area contributed by atoms with Crippen molar-refractivity contribution in [1.82, 2.24) is 0 Å². The zero-order valence-corrected chi connectivity index (χ0v) is 11.2. The highest BCUT2D eigenvalue weighted by Crippen LogP contribution is 2.49. The van der Waals surface area contributed by atoms with Gasteiger partial charge in [-0.25, -0.2) is 0 Å². The number of nitriles is 1. The third-order valence-corrected chi connectivity index (χ3v) is 4.28. The summed E-state index contributed by atoms with van der Waals surface area (Å²) in [4.78, 5) is 11.4. The Morgan fingerprint density at radius 1 is 1.53 bits per heavy atom. The van der Waals surface area contributed by atoms with E-state index in [1.54, 1.807) is 0 Å². The van der Waals surface area contributed by atoms with Crippen molar-refractivity contribution in [2.24, 2.45) is 17.3 Å². The highest BCUT2D eigenvalue weighted by molar-refractivity contribution is 5.74. The molecule has 0 heterocycles. The van der Waals surface area contributed by atoms with Crippen LogP contribution in [0, 0.1) is 28.6 Å². The van der Waals surface area contributed by atoms with Crippen molar-refractivity contribution in [3.63, 3.8) is 0 Å². The van der Waals surface area contributed by atoms with E-state index in [9.17, 15) is 15.2 Å². The van der Waals surface area contributed by atoms with Crippen LogP contribution >= 0.6 is 0 Å². The van der Waals surface area contributed by atoms with Gasteiger partial charge in [0.25, 0.3) is 0 Å². The molecule has 1 fully saturated rings. The topological polar surface area (TPSA) is 61.1 Å². The van der Waals surface area contributed by atoms with Crippen LogP contribution in [0.25, 0.3) is 0 Å². The fourth-order valence-corrected chi connectivity index (χ4v) is 3.41. The first-order chi connectivity index (χ1) is 9.07. The summed E-state index contributed by atoms with van der Waals surface area (Å²) >= 11 is 0. The third-order valence-electron chi connectivity index (χ3n) is 4.28. The molecule has 3 heteroatoms. The first-order valence-electron chi connectivity index (χ1n) is 6.74. The summed E-state index contributed by atoms with van der Waals surface area (Å²) in [6.45, 7) is 2.14. The Bertz CT molecular complexity index is 491. The lowest BCUT2D eigenvalue weighted by atomic mass is 9.70. The van der Waals surface area contributed by atoms with Gasteiger partial charge in [0.1, 0.15) is 5.92 Å². The molecule has 0 aromatic heterocycles. The first kappa shape index (κ1) is 13.6. The average Bonchev–Trinajstić information content (AvgIpc) is 2.73. The number of carboxylic acid groups (broad SMARTS) is 1. The second-order valence-electron chi connectivity index (χ2n) is 5.77. The molecule has 1 aliphatic rings. The summed E-state index contributed by atoms with van der Waals surface area (Å²) in [5.41, 5.74) is 0.722. The summed E-state index contributed by atoms with van der Waals surface area (Å²) < 4.78 is 0. The first-order valence-corrected chi connectivity index (χ1v) is 6.74. The maximum Gasteiger partial charge on any atom is 0.321 e. The number of hydrogen-bond acceptors (Lipinski definition) is 2. The largest absolute Gasteiger partial charge is 0.480 e. The summed E-state index contributed by atoms with van der Waals surface area (Å²) in [5.74, 6) is -1.39. The molecule has 0 amide bonds. The van der Waals surface area contributed by atoms with Gasteiger partial charge in [0.2, 0.25) is 0 Å². The quantitative estimate of drug-likeness (QED) is 0.900. The predicted octanol–water partition coefficient (Wildman–Crippen LogP) is 3.26. The summed E-state index contributed by atoms with van der Waals surface area (Å²) in [6.07, 6.45) is 3.35. The van der Waals surface area contributed by atoms with Gasteiger partial charge < -0.3 is 5.11 Å². The zero-order chi connectivity index (χ0) is 13.9. The van der Waals surface area contributed by atoms with Crippen LogP contribution in [-0.4, -0.2) is 11.1 Å². The van der Waals surface area contributed by atoms with Gasteiger partial charge in [0, 0.05) is 5.41 Å². The fraction of sp³-hybridized carbons (Fsp3) is 0.500. The third kappa shape index (κ3) is 2.78. The summed E-state index contributed by atoms with van der Waals surface area (Å²) in [5, 5.41) is 18.6. The minimum absolute atomic E-state index is 0.401.